The summed E-state index contributed by atoms with van der Waals surface area (Å²) < 4.78 is 12.7. The Morgan fingerprint density at radius 3 is 2.95 bits per heavy atom. The molecule has 0 spiro atoms. The van der Waals surface area contributed by atoms with Crippen LogP contribution in [0.2, 0.25) is 0 Å². The predicted molar refractivity (Wildman–Crippen MR) is 75.4 cm³/mol. The summed E-state index contributed by atoms with van der Waals surface area (Å²) >= 11 is 0. The highest BCUT2D eigenvalue weighted by molar-refractivity contribution is 5.87. The molecule has 0 unspecified atom stereocenters. The molecule has 0 amide bonds. The zero-order valence-corrected chi connectivity index (χ0v) is 11.2. The fourth-order valence-electron chi connectivity index (χ4n) is 3.40. The zero-order valence-electron chi connectivity index (χ0n) is 11.2. The van der Waals surface area contributed by atoms with Crippen molar-refractivity contribution in [2.75, 3.05) is 6.67 Å². The minimum atomic E-state index is -0.176. The number of H-pyrrole nitrogens is 1. The lowest BCUT2D eigenvalue weighted by Crippen LogP contribution is -2.38. The second-order valence-electron chi connectivity index (χ2n) is 5.73. The van der Waals surface area contributed by atoms with E-state index in [0.717, 1.165) is 42.8 Å². The van der Waals surface area contributed by atoms with Crippen LogP contribution in [0.1, 0.15) is 31.2 Å². The Kier molecular flexibility index (Phi) is 2.77. The van der Waals surface area contributed by atoms with Crippen molar-refractivity contribution in [3.8, 4) is 0 Å². The normalized spacial score (nSPS) is 28.4. The maximum absolute atomic E-state index is 12.7. The third-order valence-corrected chi connectivity index (χ3v) is 4.56. The first-order valence-electron chi connectivity index (χ1n) is 7.20. The predicted octanol–water partition coefficient (Wildman–Crippen LogP) is 2.46. The number of hydrazine groups is 2. The third-order valence-electron chi connectivity index (χ3n) is 4.56. The Hall–Kier alpha value is -1.82. The number of nitrogens with one attached hydrogen (secondary N) is 3. The highest BCUT2D eigenvalue weighted by atomic mass is 19.1. The van der Waals surface area contributed by atoms with Gasteiger partial charge in [0, 0.05) is 17.7 Å². The van der Waals surface area contributed by atoms with E-state index in [2.05, 4.69) is 27.0 Å². The van der Waals surface area contributed by atoms with Crippen molar-refractivity contribution in [1.29, 1.82) is 0 Å². The lowest BCUT2D eigenvalue weighted by atomic mass is 9.80. The molecule has 4 rings (SSSR count). The number of nitrogens with zero attached hydrogens (tertiary/aromatic N) is 2. The van der Waals surface area contributed by atoms with Crippen LogP contribution in [0.3, 0.4) is 0 Å². The van der Waals surface area contributed by atoms with Crippen LogP contribution in [0.15, 0.2) is 23.0 Å². The molecule has 3 N–H and O–H groups in total. The SMILES string of the molecule is FCC1CCC(C2=C3c4cc[nH]c4N=CN3NN2)CC1. The zero-order chi connectivity index (χ0) is 13.5. The highest BCUT2D eigenvalue weighted by Crippen LogP contribution is 2.40. The molecule has 1 aliphatic carbocycles. The summed E-state index contributed by atoms with van der Waals surface area (Å²) in [5, 5.41) is 1.92. The Morgan fingerprint density at radius 1 is 1.30 bits per heavy atom. The van der Waals surface area contributed by atoms with Gasteiger partial charge in [-0.3, -0.25) is 4.39 Å². The standard InChI is InChI=1S/C14H18FN5/c15-7-9-1-3-10(4-2-9)12-13-11-5-6-16-14(11)17-8-20(13)19-18-12/h5-6,8-10,16,18-19H,1-4,7H2. The molecule has 1 aromatic rings. The number of alkyl halides is 1. The molecule has 0 radical (unpaired) electrons. The first-order chi connectivity index (χ1) is 9.86. The largest absolute Gasteiger partial charge is 0.346 e. The Morgan fingerprint density at radius 2 is 2.15 bits per heavy atom. The molecule has 0 aromatic carbocycles. The van der Waals surface area contributed by atoms with Crippen molar-refractivity contribution in [1.82, 2.24) is 21.0 Å². The summed E-state index contributed by atoms with van der Waals surface area (Å²) in [6, 6.07) is 2.05. The van der Waals surface area contributed by atoms with E-state index < -0.39 is 0 Å². The second-order valence-corrected chi connectivity index (χ2v) is 5.73. The minimum absolute atomic E-state index is 0.176. The summed E-state index contributed by atoms with van der Waals surface area (Å²) in [7, 11) is 0. The van der Waals surface area contributed by atoms with Crippen LogP contribution in [-0.4, -0.2) is 23.0 Å². The van der Waals surface area contributed by atoms with Crippen molar-refractivity contribution >= 4 is 17.9 Å². The maximum atomic E-state index is 12.7. The van der Waals surface area contributed by atoms with Crippen LogP contribution in [0.5, 0.6) is 0 Å². The quantitative estimate of drug-likeness (QED) is 0.777. The number of rotatable bonds is 2. The molecule has 0 bridgehead atoms. The van der Waals surface area contributed by atoms with Crippen LogP contribution < -0.4 is 11.0 Å². The lowest BCUT2D eigenvalue weighted by Gasteiger charge is -2.28. The van der Waals surface area contributed by atoms with E-state index in [-0.39, 0.29) is 12.6 Å². The van der Waals surface area contributed by atoms with E-state index in [9.17, 15) is 4.39 Å². The van der Waals surface area contributed by atoms with Gasteiger partial charge in [0.15, 0.2) is 0 Å². The molecule has 20 heavy (non-hydrogen) atoms. The van der Waals surface area contributed by atoms with Gasteiger partial charge in [-0.25, -0.2) is 10.0 Å². The van der Waals surface area contributed by atoms with Gasteiger partial charge in [-0.15, -0.1) is 5.53 Å². The summed E-state index contributed by atoms with van der Waals surface area (Å²) in [6.07, 6.45) is 7.75. The van der Waals surface area contributed by atoms with Crippen molar-refractivity contribution in [2.45, 2.75) is 25.7 Å². The maximum Gasteiger partial charge on any atom is 0.141 e. The van der Waals surface area contributed by atoms with Crippen LogP contribution in [0.25, 0.3) is 5.70 Å². The molecule has 0 atom stereocenters. The van der Waals surface area contributed by atoms with Crippen molar-refractivity contribution < 1.29 is 4.39 Å². The molecule has 2 aliphatic heterocycles. The number of allylic oxidation sites excluding steroid dienone is 1. The smallest absolute Gasteiger partial charge is 0.141 e. The first-order valence-corrected chi connectivity index (χ1v) is 7.20. The number of halogens is 1. The fourth-order valence-corrected chi connectivity index (χ4v) is 3.40. The molecule has 1 saturated carbocycles. The summed E-state index contributed by atoms with van der Waals surface area (Å²) in [4.78, 5) is 7.51. The van der Waals surface area contributed by atoms with Gasteiger partial charge >= 0.3 is 0 Å². The van der Waals surface area contributed by atoms with Crippen LogP contribution in [-0.2, 0) is 0 Å². The summed E-state index contributed by atoms with van der Waals surface area (Å²) in [6.45, 7) is -0.176. The van der Waals surface area contributed by atoms with E-state index in [1.54, 1.807) is 6.34 Å². The Labute approximate surface area is 116 Å². The molecule has 0 saturated heterocycles. The number of hydrogen-bond acceptors (Lipinski definition) is 4. The molecular weight excluding hydrogens is 257 g/mol. The summed E-state index contributed by atoms with van der Waals surface area (Å²) in [5.41, 5.74) is 9.91. The van der Waals surface area contributed by atoms with Crippen LogP contribution in [0.4, 0.5) is 10.2 Å². The number of fused-ring (bicyclic) bond motifs is 3. The average Bonchev–Trinajstić information content (AvgIpc) is 3.13. The highest BCUT2D eigenvalue weighted by Gasteiger charge is 2.33. The fraction of sp³-hybridized carbons (Fsp3) is 0.500. The average molecular weight is 275 g/mol. The van der Waals surface area contributed by atoms with Gasteiger partial charge in [0.2, 0.25) is 0 Å². The van der Waals surface area contributed by atoms with Crippen molar-refractivity contribution in [3.05, 3.63) is 23.5 Å². The third kappa shape index (κ3) is 1.75. The summed E-state index contributed by atoms with van der Waals surface area (Å²) in [5.74, 6) is 1.63. The van der Waals surface area contributed by atoms with Gasteiger partial charge in [-0.2, -0.15) is 0 Å². The number of hydrogen-bond donors (Lipinski definition) is 3. The topological polar surface area (TPSA) is 55.5 Å². The number of aromatic amines is 1. The molecule has 106 valence electrons. The van der Waals surface area contributed by atoms with E-state index in [1.165, 1.54) is 5.70 Å². The van der Waals surface area contributed by atoms with Gasteiger partial charge in [0.1, 0.15) is 12.2 Å². The van der Waals surface area contributed by atoms with Gasteiger partial charge in [0.25, 0.3) is 0 Å². The molecule has 1 fully saturated rings. The Bertz CT molecular complexity index is 568. The van der Waals surface area contributed by atoms with E-state index >= 15 is 0 Å². The molecule has 3 heterocycles. The molecule has 1 aromatic heterocycles. The van der Waals surface area contributed by atoms with Gasteiger partial charge < -0.3 is 10.4 Å². The monoisotopic (exact) mass is 275 g/mol. The van der Waals surface area contributed by atoms with Crippen molar-refractivity contribution in [3.63, 3.8) is 0 Å². The van der Waals surface area contributed by atoms with Gasteiger partial charge in [0.05, 0.1) is 18.1 Å². The molecule has 6 heteroatoms. The lowest BCUT2D eigenvalue weighted by molar-refractivity contribution is 0.243. The minimum Gasteiger partial charge on any atom is -0.346 e. The van der Waals surface area contributed by atoms with Gasteiger partial charge in [-0.05, 0) is 37.7 Å². The van der Waals surface area contributed by atoms with Crippen LogP contribution >= 0.6 is 0 Å². The van der Waals surface area contributed by atoms with E-state index in [0.29, 0.717) is 5.92 Å². The first kappa shape index (κ1) is 12.0. The molecule has 5 nitrogen and oxygen atoms in total. The number of aliphatic imine (C=N–C) groups is 1. The van der Waals surface area contributed by atoms with E-state index in [4.69, 9.17) is 0 Å². The van der Waals surface area contributed by atoms with Crippen LogP contribution in [0, 0.1) is 11.8 Å². The Balaban J connectivity index is 1.65. The van der Waals surface area contributed by atoms with Crippen molar-refractivity contribution in [2.24, 2.45) is 16.8 Å². The molecular formula is C14H18FN5. The van der Waals surface area contributed by atoms with E-state index in [1.807, 2.05) is 11.2 Å². The molecule has 3 aliphatic rings. The second kappa shape index (κ2) is 4.63. The van der Waals surface area contributed by atoms with Gasteiger partial charge in [-0.1, -0.05) is 0 Å². The number of aromatic nitrogens is 1.